The second kappa shape index (κ2) is 23.3. The van der Waals surface area contributed by atoms with Crippen LogP contribution in [-0.2, 0) is 17.6 Å². The van der Waals surface area contributed by atoms with Crippen LogP contribution in [0.2, 0.25) is 5.02 Å². The fraction of sp³-hybridized carbons (Fsp3) is 0.375. The lowest BCUT2D eigenvalue weighted by atomic mass is 10.0. The molecule has 5 aromatic rings. The zero-order valence-corrected chi connectivity index (χ0v) is 37.7. The molecule has 9 heteroatoms. The molecule has 0 saturated heterocycles. The van der Waals surface area contributed by atoms with Gasteiger partial charge in [0, 0.05) is 45.4 Å². The van der Waals surface area contributed by atoms with Crippen molar-refractivity contribution < 1.29 is 9.59 Å². The quantitative estimate of drug-likeness (QED) is 0.116. The van der Waals surface area contributed by atoms with Crippen LogP contribution in [0.5, 0.6) is 0 Å². The van der Waals surface area contributed by atoms with Gasteiger partial charge in [0.05, 0.1) is 21.1 Å². The van der Waals surface area contributed by atoms with Gasteiger partial charge >= 0.3 is 0 Å². The summed E-state index contributed by atoms with van der Waals surface area (Å²) < 4.78 is 4.18. The van der Waals surface area contributed by atoms with E-state index in [-0.39, 0.29) is 17.7 Å². The van der Waals surface area contributed by atoms with E-state index in [9.17, 15) is 9.59 Å². The number of nitrogens with zero attached hydrogens (tertiary/aromatic N) is 2. The predicted octanol–water partition coefficient (Wildman–Crippen LogP) is 13.5. The van der Waals surface area contributed by atoms with Crippen LogP contribution >= 0.6 is 36.0 Å². The molecule has 2 amide bonds. The lowest BCUT2D eigenvalue weighted by Crippen LogP contribution is -2.27. The Morgan fingerprint density at radius 1 is 0.895 bits per heavy atom. The average Bonchev–Trinajstić information content (AvgIpc) is 3.90. The van der Waals surface area contributed by atoms with Gasteiger partial charge in [-0.1, -0.05) is 134 Å². The van der Waals surface area contributed by atoms with Gasteiger partial charge in [0.1, 0.15) is 0 Å². The second-order valence-electron chi connectivity index (χ2n) is 15.6. The van der Waals surface area contributed by atoms with E-state index in [0.29, 0.717) is 22.4 Å². The van der Waals surface area contributed by atoms with E-state index in [1.165, 1.54) is 52.2 Å². The first kappa shape index (κ1) is 47.3. The van der Waals surface area contributed by atoms with Crippen LogP contribution in [-0.4, -0.2) is 20.9 Å². The first-order valence-corrected chi connectivity index (χ1v) is 21.7. The van der Waals surface area contributed by atoms with Gasteiger partial charge in [-0.3, -0.25) is 9.59 Å². The van der Waals surface area contributed by atoms with Crippen LogP contribution in [0.4, 0.5) is 0 Å². The topological polar surface area (TPSA) is 82.1 Å². The molecule has 3 N–H and O–H groups in total. The van der Waals surface area contributed by atoms with Crippen molar-refractivity contribution in [2.24, 2.45) is 23.5 Å². The number of nitrogens with two attached hydrogens (primary N) is 1. The molecule has 0 spiro atoms. The summed E-state index contributed by atoms with van der Waals surface area (Å²) in [5, 5.41) is 9.99. The number of hydrogen-bond donors (Lipinski definition) is 3. The Kier molecular flexibility index (Phi) is 19.3. The third-order valence-corrected chi connectivity index (χ3v) is 10.6. The average molecular weight is 828 g/mol. The number of allylic oxidation sites excluding steroid dienone is 1. The van der Waals surface area contributed by atoms with Crippen LogP contribution in [0, 0.1) is 24.7 Å². The highest BCUT2D eigenvalue weighted by molar-refractivity contribution is 8.10. The molecule has 306 valence electrons. The van der Waals surface area contributed by atoms with E-state index in [0.717, 1.165) is 46.9 Å². The normalized spacial score (nSPS) is 12.7. The number of aromatic nitrogens is 2. The summed E-state index contributed by atoms with van der Waals surface area (Å²) >= 11 is 11.9. The molecule has 3 aromatic carbocycles. The van der Waals surface area contributed by atoms with Gasteiger partial charge < -0.3 is 20.2 Å². The molecule has 0 unspecified atom stereocenters. The number of carbonyl (C=O) groups excluding carboxylic acids is 2. The Balaban J connectivity index is 0.000000252. The number of aryl methyl sites for hydroxylation is 1. The number of hydrogen-bond acceptors (Lipinski definition) is 4. The number of primary amides is 1. The molecule has 0 radical (unpaired) electrons. The number of halogens is 1. The summed E-state index contributed by atoms with van der Waals surface area (Å²) in [7, 11) is 0. The Morgan fingerprint density at radius 2 is 1.42 bits per heavy atom. The Labute approximate surface area is 356 Å². The predicted molar refractivity (Wildman–Crippen MR) is 253 cm³/mol. The van der Waals surface area contributed by atoms with Crippen LogP contribution in [0.3, 0.4) is 0 Å². The summed E-state index contributed by atoms with van der Waals surface area (Å²) in [4.78, 5) is 22.7. The van der Waals surface area contributed by atoms with Gasteiger partial charge in [-0.25, -0.2) is 0 Å². The molecular weight excluding hydrogens is 764 g/mol. The number of nitrogens with one attached hydrogen (secondary N) is 1. The van der Waals surface area contributed by atoms with Gasteiger partial charge in [0.25, 0.3) is 0 Å². The Bertz CT molecular complexity index is 2140. The lowest BCUT2D eigenvalue weighted by molar-refractivity contribution is -0.124. The number of rotatable bonds is 11. The number of thioether (sulfide) groups is 1. The molecule has 1 aliphatic carbocycles. The summed E-state index contributed by atoms with van der Waals surface area (Å²) in [6, 6.07) is 21.3. The Hall–Kier alpha value is -4.11. The third kappa shape index (κ3) is 14.7. The van der Waals surface area contributed by atoms with Crippen molar-refractivity contribution in [3.8, 4) is 0 Å². The zero-order chi connectivity index (χ0) is 42.2. The van der Waals surface area contributed by atoms with Gasteiger partial charge in [0.15, 0.2) is 0 Å². The third-order valence-electron chi connectivity index (χ3n) is 9.17. The van der Waals surface area contributed by atoms with Crippen molar-refractivity contribution in [3.05, 3.63) is 131 Å². The van der Waals surface area contributed by atoms with Crippen LogP contribution in [0.15, 0.2) is 103 Å². The maximum absolute atomic E-state index is 12.3. The van der Waals surface area contributed by atoms with Crippen molar-refractivity contribution in [1.29, 1.82) is 0 Å². The zero-order valence-electron chi connectivity index (χ0n) is 35.2. The molecule has 1 aliphatic rings. The minimum Gasteiger partial charge on any atom is -0.366 e. The van der Waals surface area contributed by atoms with Crippen molar-refractivity contribution >= 4 is 79.7 Å². The first-order valence-electron chi connectivity index (χ1n) is 20.0. The summed E-state index contributed by atoms with van der Waals surface area (Å²) in [6.07, 6.45) is 12.1. The molecule has 2 aromatic heterocycles. The van der Waals surface area contributed by atoms with Crippen molar-refractivity contribution in [1.82, 2.24) is 14.5 Å². The number of thiol groups is 1. The van der Waals surface area contributed by atoms with Crippen LogP contribution in [0.1, 0.15) is 108 Å². The summed E-state index contributed by atoms with van der Waals surface area (Å²) in [6.45, 7) is 25.4. The highest BCUT2D eigenvalue weighted by Crippen LogP contribution is 2.33. The molecule has 6 nitrogen and oxygen atoms in total. The lowest BCUT2D eigenvalue weighted by Gasteiger charge is -2.11. The van der Waals surface area contributed by atoms with E-state index >= 15 is 0 Å². The van der Waals surface area contributed by atoms with E-state index in [1.54, 1.807) is 36.0 Å². The number of fused-ring (bicyclic) bond motifs is 2. The smallest absolute Gasteiger partial charge is 0.248 e. The maximum Gasteiger partial charge on any atom is 0.248 e. The van der Waals surface area contributed by atoms with Gasteiger partial charge in [-0.05, 0) is 104 Å². The van der Waals surface area contributed by atoms with E-state index < -0.39 is 0 Å². The first-order chi connectivity index (χ1) is 27.1. The fourth-order valence-corrected chi connectivity index (χ4v) is 7.60. The Morgan fingerprint density at radius 3 is 1.93 bits per heavy atom. The number of carbonyl (C=O) groups is 2. The minimum atomic E-state index is -0.379. The summed E-state index contributed by atoms with van der Waals surface area (Å²) in [5.41, 5.74) is 12.6. The van der Waals surface area contributed by atoms with E-state index in [2.05, 4.69) is 121 Å². The van der Waals surface area contributed by atoms with Gasteiger partial charge in [-0.15, -0.1) is 12.6 Å². The monoisotopic (exact) mass is 826 g/mol. The number of amides is 2. The molecule has 0 bridgehead atoms. The molecule has 1 saturated carbocycles. The molecular formula is C48H63ClN4O2S2. The summed E-state index contributed by atoms with van der Waals surface area (Å²) in [5.74, 6) is 1.20. The molecule has 0 atom stereocenters. The van der Waals surface area contributed by atoms with Gasteiger partial charge in [-0.2, -0.15) is 0 Å². The highest BCUT2D eigenvalue weighted by atomic mass is 35.5. The molecule has 57 heavy (non-hydrogen) atoms. The van der Waals surface area contributed by atoms with Crippen molar-refractivity contribution in [3.63, 3.8) is 0 Å². The van der Waals surface area contributed by atoms with E-state index in [1.807, 2.05) is 35.1 Å². The van der Waals surface area contributed by atoms with Crippen molar-refractivity contribution in [2.45, 2.75) is 100 Å². The molecule has 0 aliphatic heterocycles. The largest absolute Gasteiger partial charge is 0.366 e. The van der Waals surface area contributed by atoms with Gasteiger partial charge in [0.2, 0.25) is 11.8 Å². The minimum absolute atomic E-state index is 0.165. The fourth-order valence-electron chi connectivity index (χ4n) is 6.63. The highest BCUT2D eigenvalue weighted by Gasteiger charge is 2.22. The maximum atomic E-state index is 12.3. The number of benzene rings is 3. The van der Waals surface area contributed by atoms with Crippen LogP contribution < -0.4 is 11.1 Å². The molecule has 6 rings (SSSR count). The van der Waals surface area contributed by atoms with E-state index in [4.69, 9.17) is 17.3 Å². The SMILES string of the molecule is C=C(S)n1cc(CC(C)C)c2ccc(Cl)cc21.C=C(S/C=C(\C)NC(=O)C1CCCC1)n1cc(CC(C)C)c2ccc(C)cc21.CCC.NC(=O)c1ccccc1. The second-order valence-corrected chi connectivity index (χ2v) is 17.5. The standard InChI is InChI=1S/C24H32N2OS.C14H16ClNS.C7H7NO.C3H8/c1-16(2)12-21-14-26(23-13-17(3)10-11-22(21)23)19(5)28-15-18(4)25-24(27)20-8-6-7-9-20;1-9(2)6-11-8-16(10(3)17)14-7-12(15)4-5-13(11)14;8-7(9)6-4-2-1-3-5-6;1-3-2/h10-11,13-16,20H,5-9,12H2,1-4H3,(H,25,27);4-5,7-9,17H,3,6H2,1-2H3;1-5H,(H2,8,9);3H2,1-2H3/b18-15+;;;. The molecule has 2 heterocycles. The van der Waals surface area contributed by atoms with Crippen LogP contribution in [0.25, 0.3) is 31.9 Å². The molecule has 1 fully saturated rings. The van der Waals surface area contributed by atoms with Crippen molar-refractivity contribution in [2.75, 3.05) is 0 Å².